The van der Waals surface area contributed by atoms with Crippen molar-refractivity contribution in [2.45, 2.75) is 0 Å². The fraction of sp³-hybridized carbons (Fsp3) is 0.154. The normalized spacial score (nSPS) is 12.1. The number of aromatic hydroxyl groups is 2. The first-order valence-electron chi connectivity index (χ1n) is 6.06. The third-order valence-corrected chi connectivity index (χ3v) is 4.64. The highest BCUT2D eigenvalue weighted by molar-refractivity contribution is 7.92. The van der Waals surface area contributed by atoms with Gasteiger partial charge in [-0.2, -0.15) is 0 Å². The van der Waals surface area contributed by atoms with E-state index < -0.39 is 10.0 Å². The van der Waals surface area contributed by atoms with Gasteiger partial charge in [0.1, 0.15) is 0 Å². The standard InChI is InChI=1S/C13H13N3O4S/c1-16(21(2,19)20)11-7-4-3-5-14-10(7)12(17)9-8(11)6-15-13(9)18/h3-6,14,17-18H,1-2H3. The van der Waals surface area contributed by atoms with Gasteiger partial charge in [-0.1, -0.05) is 0 Å². The van der Waals surface area contributed by atoms with Crippen LogP contribution in [0.4, 0.5) is 5.69 Å². The summed E-state index contributed by atoms with van der Waals surface area (Å²) >= 11 is 0. The van der Waals surface area contributed by atoms with Crippen LogP contribution in [-0.2, 0) is 10.0 Å². The first-order valence-corrected chi connectivity index (χ1v) is 7.90. The monoisotopic (exact) mass is 307 g/mol. The van der Waals surface area contributed by atoms with E-state index in [1.54, 1.807) is 18.3 Å². The Morgan fingerprint density at radius 3 is 2.67 bits per heavy atom. The van der Waals surface area contributed by atoms with Crippen molar-refractivity contribution < 1.29 is 18.6 Å². The summed E-state index contributed by atoms with van der Waals surface area (Å²) in [6.07, 6.45) is 4.03. The Hall–Kier alpha value is -2.48. The van der Waals surface area contributed by atoms with E-state index in [1.807, 2.05) is 0 Å². The van der Waals surface area contributed by atoms with Crippen molar-refractivity contribution in [1.29, 1.82) is 0 Å². The number of hydrogen-bond acceptors (Lipinski definition) is 5. The summed E-state index contributed by atoms with van der Waals surface area (Å²) in [6, 6.07) is 3.38. The summed E-state index contributed by atoms with van der Waals surface area (Å²) in [5, 5.41) is 21.1. The molecule has 110 valence electrons. The molecule has 21 heavy (non-hydrogen) atoms. The highest BCUT2D eigenvalue weighted by atomic mass is 32.2. The molecule has 8 heteroatoms. The number of nitrogens with zero attached hydrogens (tertiary/aromatic N) is 2. The van der Waals surface area contributed by atoms with Gasteiger partial charge in [0, 0.05) is 30.2 Å². The molecule has 0 atom stereocenters. The lowest BCUT2D eigenvalue weighted by Gasteiger charge is -2.20. The molecule has 2 heterocycles. The van der Waals surface area contributed by atoms with Crippen LogP contribution in [0, 0.1) is 0 Å². The number of sulfonamides is 1. The number of phenols is 1. The third-order valence-electron chi connectivity index (χ3n) is 3.46. The summed E-state index contributed by atoms with van der Waals surface area (Å²) in [5.74, 6) is -0.508. The molecule has 0 aliphatic carbocycles. The molecule has 0 aliphatic heterocycles. The summed E-state index contributed by atoms with van der Waals surface area (Å²) in [7, 11) is -2.10. The van der Waals surface area contributed by atoms with Gasteiger partial charge in [0.25, 0.3) is 0 Å². The van der Waals surface area contributed by atoms with Crippen molar-refractivity contribution in [2.24, 2.45) is 0 Å². The second-order valence-corrected chi connectivity index (χ2v) is 6.77. The Kier molecular flexibility index (Phi) is 2.74. The first kappa shape index (κ1) is 13.5. The molecule has 3 N–H and O–H groups in total. The molecule has 7 nitrogen and oxygen atoms in total. The SMILES string of the molecule is CN(c1c2ccc[nH]c2c(O)c2c(O)ncc12)S(C)(=O)=O. The van der Waals surface area contributed by atoms with Crippen LogP contribution in [0.2, 0.25) is 0 Å². The maximum absolute atomic E-state index is 11.9. The van der Waals surface area contributed by atoms with Gasteiger partial charge in [-0.3, -0.25) is 4.31 Å². The predicted octanol–water partition coefficient (Wildman–Crippen LogP) is 1.52. The summed E-state index contributed by atoms with van der Waals surface area (Å²) in [5.41, 5.74) is 0.684. The van der Waals surface area contributed by atoms with E-state index in [-0.39, 0.29) is 17.0 Å². The topological polar surface area (TPSA) is 107 Å². The maximum atomic E-state index is 11.9. The van der Waals surface area contributed by atoms with Crippen molar-refractivity contribution >= 4 is 37.4 Å². The number of hydrogen-bond donors (Lipinski definition) is 3. The van der Waals surface area contributed by atoms with Crippen molar-refractivity contribution in [3.05, 3.63) is 24.5 Å². The quantitative estimate of drug-likeness (QED) is 0.665. The van der Waals surface area contributed by atoms with Crippen LogP contribution in [0.25, 0.3) is 21.7 Å². The summed E-state index contributed by atoms with van der Waals surface area (Å²) in [6.45, 7) is 0. The van der Waals surface area contributed by atoms with E-state index >= 15 is 0 Å². The highest BCUT2D eigenvalue weighted by Gasteiger charge is 2.24. The van der Waals surface area contributed by atoms with E-state index in [0.717, 1.165) is 10.6 Å². The van der Waals surface area contributed by atoms with Gasteiger partial charge >= 0.3 is 0 Å². The van der Waals surface area contributed by atoms with Crippen LogP contribution in [-0.4, -0.2) is 41.9 Å². The van der Waals surface area contributed by atoms with Crippen molar-refractivity contribution in [1.82, 2.24) is 9.97 Å². The van der Waals surface area contributed by atoms with Crippen LogP contribution in [0.3, 0.4) is 0 Å². The van der Waals surface area contributed by atoms with E-state index in [2.05, 4.69) is 9.97 Å². The molecule has 0 fully saturated rings. The largest absolute Gasteiger partial charge is 0.505 e. The van der Waals surface area contributed by atoms with Crippen LogP contribution < -0.4 is 4.31 Å². The Labute approximate surface area is 120 Å². The Balaban J connectivity index is 2.59. The molecule has 0 aliphatic rings. The second-order valence-electron chi connectivity index (χ2n) is 4.76. The third kappa shape index (κ3) is 1.87. The number of anilines is 1. The lowest BCUT2D eigenvalue weighted by molar-refractivity contribution is 0.454. The number of nitrogens with one attached hydrogen (secondary N) is 1. The fourth-order valence-electron chi connectivity index (χ4n) is 2.39. The maximum Gasteiger partial charge on any atom is 0.232 e. The molecule has 0 saturated carbocycles. The van der Waals surface area contributed by atoms with Crippen LogP contribution >= 0.6 is 0 Å². The second kappa shape index (κ2) is 4.26. The average Bonchev–Trinajstić information content (AvgIpc) is 2.80. The minimum absolute atomic E-state index is 0.121. The fourth-order valence-corrected chi connectivity index (χ4v) is 2.92. The minimum atomic E-state index is -3.51. The minimum Gasteiger partial charge on any atom is -0.505 e. The van der Waals surface area contributed by atoms with Gasteiger partial charge in [0.05, 0.1) is 22.8 Å². The van der Waals surface area contributed by atoms with Crippen molar-refractivity contribution in [3.63, 3.8) is 0 Å². The lowest BCUT2D eigenvalue weighted by Crippen LogP contribution is -2.25. The van der Waals surface area contributed by atoms with E-state index in [4.69, 9.17) is 0 Å². The van der Waals surface area contributed by atoms with E-state index in [1.165, 1.54) is 13.2 Å². The van der Waals surface area contributed by atoms with Gasteiger partial charge in [0.2, 0.25) is 15.9 Å². The molecule has 0 unspecified atom stereocenters. The Morgan fingerprint density at radius 1 is 1.29 bits per heavy atom. The molecule has 0 bridgehead atoms. The predicted molar refractivity (Wildman–Crippen MR) is 80.2 cm³/mol. The summed E-state index contributed by atoms with van der Waals surface area (Å²) < 4.78 is 24.9. The molecule has 0 spiro atoms. The average molecular weight is 307 g/mol. The number of benzene rings is 1. The van der Waals surface area contributed by atoms with E-state index in [9.17, 15) is 18.6 Å². The zero-order valence-corrected chi connectivity index (χ0v) is 12.1. The number of H-pyrrole nitrogens is 1. The van der Waals surface area contributed by atoms with Gasteiger partial charge in [-0.05, 0) is 12.1 Å². The number of aromatic nitrogens is 2. The molecular weight excluding hydrogens is 294 g/mol. The number of phenolic OH excluding ortho intramolecular Hbond substituents is 1. The molecule has 1 aromatic carbocycles. The molecule has 0 amide bonds. The number of pyridine rings is 1. The van der Waals surface area contributed by atoms with Gasteiger partial charge in [0.15, 0.2) is 5.75 Å². The number of rotatable bonds is 2. The number of fused-ring (bicyclic) bond motifs is 2. The number of aromatic amines is 1. The molecule has 2 aromatic heterocycles. The molecule has 3 aromatic rings. The first-order chi connectivity index (χ1) is 9.82. The Morgan fingerprint density at radius 2 is 2.00 bits per heavy atom. The molecule has 3 rings (SSSR count). The molecule has 0 saturated heterocycles. The lowest BCUT2D eigenvalue weighted by atomic mass is 10.1. The zero-order valence-electron chi connectivity index (χ0n) is 11.3. The van der Waals surface area contributed by atoms with Crippen molar-refractivity contribution in [3.8, 4) is 11.6 Å². The highest BCUT2D eigenvalue weighted by Crippen LogP contribution is 2.44. The van der Waals surface area contributed by atoms with E-state index in [0.29, 0.717) is 22.0 Å². The summed E-state index contributed by atoms with van der Waals surface area (Å²) in [4.78, 5) is 6.63. The smallest absolute Gasteiger partial charge is 0.232 e. The van der Waals surface area contributed by atoms with Crippen LogP contribution in [0.1, 0.15) is 0 Å². The van der Waals surface area contributed by atoms with Crippen LogP contribution in [0.5, 0.6) is 11.6 Å². The van der Waals surface area contributed by atoms with Gasteiger partial charge in [-0.25, -0.2) is 13.4 Å². The molecular formula is C13H13N3O4S. The van der Waals surface area contributed by atoms with Gasteiger partial charge < -0.3 is 15.2 Å². The zero-order chi connectivity index (χ0) is 15.4. The van der Waals surface area contributed by atoms with Crippen LogP contribution in [0.15, 0.2) is 24.5 Å². The molecule has 0 radical (unpaired) electrons. The van der Waals surface area contributed by atoms with Crippen molar-refractivity contribution in [2.75, 3.05) is 17.6 Å². The Bertz CT molecular complexity index is 962. The van der Waals surface area contributed by atoms with Gasteiger partial charge in [-0.15, -0.1) is 0 Å².